The van der Waals surface area contributed by atoms with Gasteiger partial charge in [0.15, 0.2) is 5.43 Å². The number of phosphoric acid groups is 1. The first-order valence-electron chi connectivity index (χ1n) is 10.2. The number of phenolic OH excluding ortho intramolecular Hbond substituents is 2. The van der Waals surface area contributed by atoms with E-state index in [0.29, 0.717) is 17.1 Å². The molecular formula is C21H21ClNO8P. The molecule has 170 valence electrons. The second-order valence-electron chi connectivity index (χ2n) is 7.69. The minimum Gasteiger partial charge on any atom is -0.507 e. The van der Waals surface area contributed by atoms with Gasteiger partial charge in [-0.15, -0.1) is 0 Å². The molecule has 0 amide bonds. The van der Waals surface area contributed by atoms with Crippen LogP contribution in [-0.4, -0.2) is 51.1 Å². The zero-order valence-corrected chi connectivity index (χ0v) is 18.5. The molecule has 0 bridgehead atoms. The van der Waals surface area contributed by atoms with E-state index in [1.807, 2.05) is 0 Å². The van der Waals surface area contributed by atoms with Gasteiger partial charge in [-0.25, -0.2) is 4.57 Å². The van der Waals surface area contributed by atoms with Gasteiger partial charge in [0, 0.05) is 35.7 Å². The Morgan fingerprint density at radius 3 is 2.69 bits per heavy atom. The van der Waals surface area contributed by atoms with Gasteiger partial charge in [0.05, 0.1) is 12.5 Å². The molecule has 0 spiro atoms. The lowest BCUT2D eigenvalue weighted by atomic mass is 9.85. The van der Waals surface area contributed by atoms with Gasteiger partial charge in [-0.3, -0.25) is 9.32 Å². The number of halogens is 1. The third-order valence-corrected chi connectivity index (χ3v) is 6.34. The predicted molar refractivity (Wildman–Crippen MR) is 118 cm³/mol. The lowest BCUT2D eigenvalue weighted by Crippen LogP contribution is -2.41. The molecule has 0 aliphatic carbocycles. The summed E-state index contributed by atoms with van der Waals surface area (Å²) in [5, 5.41) is 21.3. The Bertz CT molecular complexity index is 1340. The van der Waals surface area contributed by atoms with Crippen LogP contribution >= 0.6 is 19.4 Å². The number of fused-ring (bicyclic) bond motifs is 1. The third kappa shape index (κ3) is 4.41. The molecule has 1 fully saturated rings. The molecule has 1 aromatic heterocycles. The first-order chi connectivity index (χ1) is 15.5. The SMILES string of the molecule is [2H]c1c(O)c([C@H]2CCN(C)C[C@H]2OP(=O)(O)O)c2oc(-c3ccccc3Cl)cc(=O)c2c1O. The Hall–Kier alpha value is -2.39. The molecule has 2 heterocycles. The van der Waals surface area contributed by atoms with Crippen molar-refractivity contribution in [1.29, 1.82) is 0 Å². The van der Waals surface area contributed by atoms with E-state index in [4.69, 9.17) is 21.9 Å². The number of benzene rings is 2. The number of phosphoric ester groups is 1. The predicted octanol–water partition coefficient (Wildman–Crippen LogP) is 3.42. The minimum atomic E-state index is -4.90. The summed E-state index contributed by atoms with van der Waals surface area (Å²) in [5.74, 6) is -2.19. The number of aromatic hydroxyl groups is 2. The molecule has 4 rings (SSSR count). The van der Waals surface area contributed by atoms with Gasteiger partial charge in [-0.1, -0.05) is 23.7 Å². The van der Waals surface area contributed by atoms with Crippen LogP contribution in [0.1, 0.15) is 19.3 Å². The van der Waals surface area contributed by atoms with E-state index < -0.39 is 42.8 Å². The largest absolute Gasteiger partial charge is 0.507 e. The van der Waals surface area contributed by atoms with Crippen LogP contribution in [0.5, 0.6) is 11.5 Å². The summed E-state index contributed by atoms with van der Waals surface area (Å²) in [7, 11) is -3.16. The zero-order valence-electron chi connectivity index (χ0n) is 17.9. The van der Waals surface area contributed by atoms with Gasteiger partial charge in [-0.05, 0) is 32.1 Å². The second kappa shape index (κ2) is 8.51. The number of piperidine rings is 1. The van der Waals surface area contributed by atoms with E-state index in [0.717, 1.165) is 6.07 Å². The second-order valence-corrected chi connectivity index (χ2v) is 9.29. The maximum atomic E-state index is 13.0. The van der Waals surface area contributed by atoms with E-state index in [2.05, 4.69) is 0 Å². The van der Waals surface area contributed by atoms with Crippen LogP contribution in [0.3, 0.4) is 0 Å². The number of hydrogen-bond acceptors (Lipinski definition) is 7. The van der Waals surface area contributed by atoms with Crippen LogP contribution in [-0.2, 0) is 9.09 Å². The van der Waals surface area contributed by atoms with Crippen molar-refractivity contribution in [1.82, 2.24) is 4.90 Å². The van der Waals surface area contributed by atoms with Crippen molar-refractivity contribution in [3.63, 3.8) is 0 Å². The number of likely N-dealkylation sites (N-methyl/N-ethyl adjacent to an activating group) is 1. The molecule has 4 N–H and O–H groups in total. The molecule has 2 atom stereocenters. The Kier molecular flexibility index (Phi) is 5.71. The monoisotopic (exact) mass is 482 g/mol. The van der Waals surface area contributed by atoms with Crippen molar-refractivity contribution in [3.05, 3.63) is 57.2 Å². The maximum Gasteiger partial charge on any atom is 0.469 e. The van der Waals surface area contributed by atoms with Crippen molar-refractivity contribution in [3.8, 4) is 22.8 Å². The van der Waals surface area contributed by atoms with Crippen LogP contribution in [0.4, 0.5) is 0 Å². The zero-order chi connectivity index (χ0) is 24.1. The van der Waals surface area contributed by atoms with Gasteiger partial charge in [0.25, 0.3) is 0 Å². The fraction of sp³-hybridized carbons (Fsp3) is 0.286. The summed E-state index contributed by atoms with van der Waals surface area (Å²) in [5.41, 5.74) is -0.508. The number of phenols is 2. The standard InChI is InChI=1S/C21H21ClNO8P/c1-23-7-6-12(18(10-23)31-32(27,28)29)19-14(24)8-15(25)20-16(26)9-17(30-21(19)20)11-4-2-3-5-13(11)22/h2-5,8-9,12,18,24-25H,6-7,10H2,1H3,(H2,27,28,29)/t12-,18+/m0/s1/i8D. The van der Waals surface area contributed by atoms with Crippen LogP contribution < -0.4 is 5.43 Å². The molecule has 3 aromatic rings. The summed E-state index contributed by atoms with van der Waals surface area (Å²) < 4.78 is 30.7. The molecule has 0 radical (unpaired) electrons. The van der Waals surface area contributed by atoms with Crippen LogP contribution in [0.15, 0.2) is 45.6 Å². The van der Waals surface area contributed by atoms with Gasteiger partial charge in [0.1, 0.15) is 28.2 Å². The molecule has 0 unspecified atom stereocenters. The molecular weight excluding hydrogens is 461 g/mol. The number of likely N-dealkylation sites (tertiary alicyclic amines) is 1. The molecule has 0 saturated carbocycles. The van der Waals surface area contributed by atoms with Gasteiger partial charge in [0.2, 0.25) is 0 Å². The van der Waals surface area contributed by atoms with E-state index >= 15 is 0 Å². The van der Waals surface area contributed by atoms with Gasteiger partial charge in [-0.2, -0.15) is 0 Å². The molecule has 1 aliphatic rings. The summed E-state index contributed by atoms with van der Waals surface area (Å²) in [4.78, 5) is 33.6. The first kappa shape index (κ1) is 21.5. The van der Waals surface area contributed by atoms with E-state index in [9.17, 15) is 29.4 Å². The Morgan fingerprint density at radius 1 is 1.28 bits per heavy atom. The molecule has 1 saturated heterocycles. The fourth-order valence-electron chi connectivity index (χ4n) is 4.08. The third-order valence-electron chi connectivity index (χ3n) is 5.47. The van der Waals surface area contributed by atoms with E-state index in [-0.39, 0.29) is 35.3 Å². The highest BCUT2D eigenvalue weighted by Gasteiger charge is 2.38. The molecule has 1 aliphatic heterocycles. The Morgan fingerprint density at radius 2 is 2.00 bits per heavy atom. The highest BCUT2D eigenvalue weighted by molar-refractivity contribution is 7.46. The van der Waals surface area contributed by atoms with Crippen molar-refractivity contribution in [2.45, 2.75) is 18.4 Å². The normalized spacial score (nSPS) is 20.4. The lowest BCUT2D eigenvalue weighted by Gasteiger charge is -2.36. The summed E-state index contributed by atoms with van der Waals surface area (Å²) in [6.07, 6.45) is -0.814. The van der Waals surface area contributed by atoms with E-state index in [1.54, 1.807) is 36.2 Å². The smallest absolute Gasteiger partial charge is 0.469 e. The Labute approximate surface area is 189 Å². The highest BCUT2D eigenvalue weighted by Crippen LogP contribution is 2.47. The van der Waals surface area contributed by atoms with Crippen molar-refractivity contribution in [2.75, 3.05) is 20.1 Å². The van der Waals surface area contributed by atoms with Gasteiger partial charge >= 0.3 is 7.82 Å². The quantitative estimate of drug-likeness (QED) is 0.411. The minimum absolute atomic E-state index is 0.0367. The maximum absolute atomic E-state index is 13.0. The van der Waals surface area contributed by atoms with Crippen LogP contribution in [0.25, 0.3) is 22.3 Å². The van der Waals surface area contributed by atoms with Gasteiger partial charge < -0.3 is 29.3 Å². The molecule has 11 heteroatoms. The van der Waals surface area contributed by atoms with Crippen molar-refractivity contribution >= 4 is 30.4 Å². The number of hydrogen-bond donors (Lipinski definition) is 4. The number of rotatable bonds is 4. The fourth-order valence-corrected chi connectivity index (χ4v) is 4.87. The molecule has 2 aromatic carbocycles. The summed E-state index contributed by atoms with van der Waals surface area (Å²) in [6.45, 7) is 0.592. The topological polar surface area (TPSA) is 141 Å². The average Bonchev–Trinajstić information content (AvgIpc) is 2.72. The first-order valence-corrected chi connectivity index (χ1v) is 11.6. The van der Waals surface area contributed by atoms with Crippen molar-refractivity contribution < 1.29 is 34.9 Å². The average molecular weight is 483 g/mol. The lowest BCUT2D eigenvalue weighted by molar-refractivity contribution is 0.0544. The Balaban J connectivity index is 2.01. The van der Waals surface area contributed by atoms with Crippen LogP contribution in [0.2, 0.25) is 5.02 Å². The van der Waals surface area contributed by atoms with Crippen molar-refractivity contribution in [2.24, 2.45) is 0 Å². The molecule has 9 nitrogen and oxygen atoms in total. The highest BCUT2D eigenvalue weighted by atomic mass is 35.5. The number of nitrogens with zero attached hydrogens (tertiary/aromatic N) is 1. The summed E-state index contributed by atoms with van der Waals surface area (Å²) in [6, 6.07) is 7.05. The summed E-state index contributed by atoms with van der Waals surface area (Å²) >= 11 is 6.25. The van der Waals surface area contributed by atoms with Crippen LogP contribution in [0, 0.1) is 0 Å². The van der Waals surface area contributed by atoms with E-state index in [1.165, 1.54) is 0 Å². The molecule has 32 heavy (non-hydrogen) atoms.